The first-order chi connectivity index (χ1) is 13.8. The monoisotopic (exact) mass is 412 g/mol. The molecule has 0 aromatic heterocycles. The average Bonchev–Trinajstić information content (AvgIpc) is 3.49. The molecule has 2 aromatic carbocycles. The van der Waals surface area contributed by atoms with E-state index in [1.807, 2.05) is 17.9 Å². The Bertz CT molecular complexity index is 1050. The molecule has 2 aliphatic rings. The number of nitrogens with zero attached hydrogens (tertiary/aromatic N) is 1. The summed E-state index contributed by atoms with van der Waals surface area (Å²) in [6.07, 6.45) is 2.41. The maximum Gasteiger partial charge on any atom is 0.230 e. The minimum absolute atomic E-state index is 0.0349. The first kappa shape index (κ1) is 19.6. The number of nitrogens with one attached hydrogen (secondary N) is 1. The predicted molar refractivity (Wildman–Crippen MR) is 112 cm³/mol. The number of para-hydroxylation sites is 1. The van der Waals surface area contributed by atoms with E-state index in [9.17, 15) is 18.0 Å². The topological polar surface area (TPSA) is 83.6 Å². The zero-order chi connectivity index (χ0) is 20.6. The molecule has 1 heterocycles. The highest BCUT2D eigenvalue weighted by atomic mass is 32.2. The molecule has 7 heteroatoms. The van der Waals surface area contributed by atoms with Crippen molar-refractivity contribution in [3.8, 4) is 0 Å². The Balaban J connectivity index is 1.45. The molecule has 1 atom stereocenters. The van der Waals surface area contributed by atoms with Gasteiger partial charge in [0.15, 0.2) is 9.84 Å². The van der Waals surface area contributed by atoms with Crippen molar-refractivity contribution in [3.05, 3.63) is 54.1 Å². The fraction of sp³-hybridized carbons (Fsp3) is 0.364. The third-order valence-corrected chi connectivity index (χ3v) is 7.16. The number of amides is 2. The minimum Gasteiger partial charge on any atom is -0.326 e. The quantitative estimate of drug-likeness (QED) is 0.790. The summed E-state index contributed by atoms with van der Waals surface area (Å²) in [5.74, 6) is -0.333. The fourth-order valence-corrected chi connectivity index (χ4v) is 5.04. The van der Waals surface area contributed by atoms with Gasteiger partial charge in [-0.05, 0) is 62.1 Å². The van der Waals surface area contributed by atoms with Crippen LogP contribution in [0, 0.1) is 5.92 Å². The average molecular weight is 413 g/mol. The van der Waals surface area contributed by atoms with Crippen LogP contribution in [0.3, 0.4) is 0 Å². The van der Waals surface area contributed by atoms with E-state index < -0.39 is 9.84 Å². The van der Waals surface area contributed by atoms with E-state index in [4.69, 9.17) is 0 Å². The fourth-order valence-electron chi connectivity index (χ4n) is 3.75. The first-order valence-corrected chi connectivity index (χ1v) is 11.5. The molecule has 0 bridgehead atoms. The highest BCUT2D eigenvalue weighted by Crippen LogP contribution is 2.39. The molecule has 0 unspecified atom stereocenters. The lowest BCUT2D eigenvalue weighted by Crippen LogP contribution is -2.36. The van der Waals surface area contributed by atoms with Crippen LogP contribution >= 0.6 is 0 Å². The standard InChI is InChI=1S/C22H24N2O4S/c1-15-13-17-14-19(9-10-20(17)24(15)22(26)16-7-8-16)29(27,28)12-11-21(25)23-18-5-3-2-4-6-18/h2-6,9-10,14-16H,7-8,11-13H2,1H3,(H,23,25)/t15-/m1/s1. The molecule has 0 spiro atoms. The Morgan fingerprint density at radius 1 is 1.10 bits per heavy atom. The SMILES string of the molecule is C[C@@H]1Cc2cc(S(=O)(=O)CCC(=O)Nc3ccccc3)ccc2N1C(=O)C1CC1. The van der Waals surface area contributed by atoms with Crippen LogP contribution in [-0.2, 0) is 25.8 Å². The molecule has 1 aliphatic heterocycles. The van der Waals surface area contributed by atoms with Crippen LogP contribution in [0.2, 0.25) is 0 Å². The third kappa shape index (κ3) is 4.19. The number of hydrogen-bond acceptors (Lipinski definition) is 4. The first-order valence-electron chi connectivity index (χ1n) is 9.89. The molecular formula is C22H24N2O4S. The van der Waals surface area contributed by atoms with E-state index in [2.05, 4.69) is 5.32 Å². The second-order valence-corrected chi connectivity index (χ2v) is 9.92. The maximum atomic E-state index is 12.7. The molecule has 2 amide bonds. The van der Waals surface area contributed by atoms with E-state index >= 15 is 0 Å². The Hall–Kier alpha value is -2.67. The van der Waals surface area contributed by atoms with Crippen molar-refractivity contribution >= 4 is 33.0 Å². The molecule has 4 rings (SSSR count). The number of carbonyl (C=O) groups is 2. The Morgan fingerprint density at radius 3 is 2.52 bits per heavy atom. The van der Waals surface area contributed by atoms with Gasteiger partial charge in [-0.25, -0.2) is 8.42 Å². The molecule has 2 aromatic rings. The van der Waals surface area contributed by atoms with Gasteiger partial charge in [0.1, 0.15) is 0 Å². The summed E-state index contributed by atoms with van der Waals surface area (Å²) < 4.78 is 25.5. The van der Waals surface area contributed by atoms with E-state index in [1.54, 1.807) is 42.5 Å². The van der Waals surface area contributed by atoms with Gasteiger partial charge in [-0.2, -0.15) is 0 Å². The van der Waals surface area contributed by atoms with Crippen molar-refractivity contribution in [2.24, 2.45) is 5.92 Å². The Morgan fingerprint density at radius 2 is 1.83 bits per heavy atom. The lowest BCUT2D eigenvalue weighted by Gasteiger charge is -2.22. The van der Waals surface area contributed by atoms with Crippen LogP contribution in [0.15, 0.2) is 53.4 Å². The number of sulfone groups is 1. The molecule has 0 radical (unpaired) electrons. The molecule has 1 saturated carbocycles. The molecule has 6 nitrogen and oxygen atoms in total. The van der Waals surface area contributed by atoms with Gasteiger partial charge in [-0.1, -0.05) is 18.2 Å². The zero-order valence-corrected chi connectivity index (χ0v) is 17.1. The highest BCUT2D eigenvalue weighted by molar-refractivity contribution is 7.91. The van der Waals surface area contributed by atoms with Gasteiger partial charge in [-0.3, -0.25) is 9.59 Å². The second-order valence-electron chi connectivity index (χ2n) is 7.81. The molecule has 1 fully saturated rings. The van der Waals surface area contributed by atoms with Crippen molar-refractivity contribution in [2.45, 2.75) is 43.5 Å². The minimum atomic E-state index is -3.59. The van der Waals surface area contributed by atoms with Crippen molar-refractivity contribution < 1.29 is 18.0 Å². The molecule has 1 aliphatic carbocycles. The molecule has 29 heavy (non-hydrogen) atoms. The van der Waals surface area contributed by atoms with Crippen LogP contribution in [0.5, 0.6) is 0 Å². The van der Waals surface area contributed by atoms with Gasteiger partial charge in [-0.15, -0.1) is 0 Å². The van der Waals surface area contributed by atoms with Gasteiger partial charge in [0.05, 0.1) is 10.6 Å². The lowest BCUT2D eigenvalue weighted by molar-refractivity contribution is -0.120. The third-order valence-electron chi connectivity index (χ3n) is 5.45. The van der Waals surface area contributed by atoms with Gasteiger partial charge < -0.3 is 10.2 Å². The summed E-state index contributed by atoms with van der Waals surface area (Å²) in [6, 6.07) is 13.9. The van der Waals surface area contributed by atoms with Crippen LogP contribution < -0.4 is 10.2 Å². The largest absolute Gasteiger partial charge is 0.326 e. The number of benzene rings is 2. The predicted octanol–water partition coefficient (Wildman–Crippen LogP) is 3.18. The van der Waals surface area contributed by atoms with Gasteiger partial charge in [0.25, 0.3) is 0 Å². The summed E-state index contributed by atoms with van der Waals surface area (Å²) in [7, 11) is -3.59. The Kier molecular flexibility index (Phi) is 5.17. The summed E-state index contributed by atoms with van der Waals surface area (Å²) in [5, 5.41) is 2.70. The normalized spacial score (nSPS) is 18.4. The van der Waals surface area contributed by atoms with Crippen LogP contribution in [-0.4, -0.2) is 32.0 Å². The maximum absolute atomic E-state index is 12.7. The molecule has 152 valence electrons. The number of rotatable bonds is 6. The smallest absolute Gasteiger partial charge is 0.230 e. The lowest BCUT2D eigenvalue weighted by atomic mass is 10.1. The zero-order valence-electron chi connectivity index (χ0n) is 16.3. The number of fused-ring (bicyclic) bond motifs is 1. The van der Waals surface area contributed by atoms with Gasteiger partial charge in [0.2, 0.25) is 11.8 Å². The summed E-state index contributed by atoms with van der Waals surface area (Å²) in [6.45, 7) is 1.99. The molecule has 1 N–H and O–H groups in total. The van der Waals surface area contributed by atoms with Crippen molar-refractivity contribution in [2.75, 3.05) is 16.0 Å². The number of hydrogen-bond donors (Lipinski definition) is 1. The van der Waals surface area contributed by atoms with Crippen LogP contribution in [0.25, 0.3) is 0 Å². The van der Waals surface area contributed by atoms with E-state index in [0.29, 0.717) is 12.1 Å². The van der Waals surface area contributed by atoms with Gasteiger partial charge in [0, 0.05) is 29.8 Å². The summed E-state index contributed by atoms with van der Waals surface area (Å²) in [5.41, 5.74) is 2.33. The van der Waals surface area contributed by atoms with Crippen LogP contribution in [0.4, 0.5) is 11.4 Å². The van der Waals surface area contributed by atoms with Gasteiger partial charge >= 0.3 is 0 Å². The Labute approximate surface area is 170 Å². The van der Waals surface area contributed by atoms with Crippen molar-refractivity contribution in [3.63, 3.8) is 0 Å². The van der Waals surface area contributed by atoms with Crippen molar-refractivity contribution in [1.82, 2.24) is 0 Å². The van der Waals surface area contributed by atoms with E-state index in [-0.39, 0.29) is 40.8 Å². The summed E-state index contributed by atoms with van der Waals surface area (Å²) >= 11 is 0. The summed E-state index contributed by atoms with van der Waals surface area (Å²) in [4.78, 5) is 26.7. The molecular weight excluding hydrogens is 388 g/mol. The van der Waals surface area contributed by atoms with E-state index in [0.717, 1.165) is 24.1 Å². The molecule has 0 saturated heterocycles. The van der Waals surface area contributed by atoms with Crippen LogP contribution in [0.1, 0.15) is 31.7 Å². The second kappa shape index (κ2) is 7.63. The van der Waals surface area contributed by atoms with E-state index in [1.165, 1.54) is 0 Å². The number of carbonyl (C=O) groups excluding carboxylic acids is 2. The highest BCUT2D eigenvalue weighted by Gasteiger charge is 2.39. The number of anilines is 2. The van der Waals surface area contributed by atoms with Crippen molar-refractivity contribution in [1.29, 1.82) is 0 Å².